The Morgan fingerprint density at radius 2 is 2.06 bits per heavy atom. The van der Waals surface area contributed by atoms with Gasteiger partial charge in [0.25, 0.3) is 5.91 Å². The van der Waals surface area contributed by atoms with E-state index in [0.717, 1.165) is 54.5 Å². The number of fused-ring (bicyclic) bond motifs is 2. The summed E-state index contributed by atoms with van der Waals surface area (Å²) in [5, 5.41) is 5.80. The van der Waals surface area contributed by atoms with Crippen molar-refractivity contribution in [3.05, 3.63) is 70.3 Å². The van der Waals surface area contributed by atoms with Crippen LogP contribution in [0.5, 0.6) is 5.75 Å². The second kappa shape index (κ2) is 9.80. The van der Waals surface area contributed by atoms with Crippen molar-refractivity contribution in [2.24, 2.45) is 10.7 Å². The zero-order valence-electron chi connectivity index (χ0n) is 21.0. The SMILES string of the molecule is CC1(C)CC(NC(=O)c2ccc3c(c2)CCC3)c2cc(/C=C\CCC3CC(=O)NC(N)=N3)ccc2O1. The molecule has 7 nitrogen and oxygen atoms in total. The van der Waals surface area contributed by atoms with E-state index in [4.69, 9.17) is 10.5 Å². The minimum absolute atomic E-state index is 0.0457. The van der Waals surface area contributed by atoms with Crippen LogP contribution in [0, 0.1) is 0 Å². The lowest BCUT2D eigenvalue weighted by atomic mass is 9.88. The minimum atomic E-state index is -0.380. The minimum Gasteiger partial charge on any atom is -0.487 e. The third kappa shape index (κ3) is 5.45. The predicted octanol–water partition coefficient (Wildman–Crippen LogP) is 4.20. The standard InChI is InChI=1S/C29H34N4O3/c1-29(2)17-24(32-27(35)21-12-11-19-7-5-8-20(19)15-21)23-14-18(10-13-25(23)36-29)6-3-4-9-22-16-26(34)33-28(30)31-22/h3,6,10-15,22,24H,4-5,7-9,16-17H2,1-2H3,(H,32,35)(H3,30,31,33,34)/b6-3-. The molecule has 2 aliphatic heterocycles. The molecule has 0 saturated heterocycles. The Morgan fingerprint density at radius 3 is 2.89 bits per heavy atom. The summed E-state index contributed by atoms with van der Waals surface area (Å²) in [6.45, 7) is 4.11. The Balaban J connectivity index is 1.29. The van der Waals surface area contributed by atoms with Gasteiger partial charge in [-0.3, -0.25) is 14.9 Å². The van der Waals surface area contributed by atoms with E-state index in [0.29, 0.717) is 12.8 Å². The first kappa shape index (κ1) is 24.1. The number of hydrogen-bond donors (Lipinski definition) is 3. The average Bonchev–Trinajstić information content (AvgIpc) is 3.29. The van der Waals surface area contributed by atoms with Crippen LogP contribution in [0.1, 0.15) is 84.6 Å². The molecule has 2 atom stereocenters. The first-order chi connectivity index (χ1) is 17.3. The number of aryl methyl sites for hydroxylation is 2. The van der Waals surface area contributed by atoms with Crippen molar-refractivity contribution in [2.45, 2.75) is 76.5 Å². The summed E-state index contributed by atoms with van der Waals surface area (Å²) in [6, 6.07) is 12.0. The highest BCUT2D eigenvalue weighted by Gasteiger charge is 2.35. The van der Waals surface area contributed by atoms with E-state index in [9.17, 15) is 9.59 Å². The highest BCUT2D eigenvalue weighted by atomic mass is 16.5. The summed E-state index contributed by atoms with van der Waals surface area (Å²) in [7, 11) is 0. The average molecular weight is 487 g/mol. The Morgan fingerprint density at radius 1 is 1.22 bits per heavy atom. The summed E-state index contributed by atoms with van der Waals surface area (Å²) in [6.07, 6.45) is 10.1. The molecule has 0 aromatic heterocycles. The van der Waals surface area contributed by atoms with Gasteiger partial charge in [0.15, 0.2) is 5.96 Å². The van der Waals surface area contributed by atoms with E-state index in [1.165, 1.54) is 11.1 Å². The number of aliphatic imine (C=N–C) groups is 1. The van der Waals surface area contributed by atoms with Gasteiger partial charge >= 0.3 is 0 Å². The van der Waals surface area contributed by atoms with Gasteiger partial charge in [-0.25, -0.2) is 4.99 Å². The number of amides is 2. The van der Waals surface area contributed by atoms with Crippen LogP contribution in [0.25, 0.3) is 6.08 Å². The zero-order chi connectivity index (χ0) is 25.3. The van der Waals surface area contributed by atoms with Crippen molar-refractivity contribution in [3.63, 3.8) is 0 Å². The number of carbonyl (C=O) groups excluding carboxylic acids is 2. The fourth-order valence-corrected chi connectivity index (χ4v) is 5.42. The molecule has 0 fully saturated rings. The van der Waals surface area contributed by atoms with Crippen molar-refractivity contribution in [1.29, 1.82) is 0 Å². The van der Waals surface area contributed by atoms with Gasteiger partial charge in [0.2, 0.25) is 5.91 Å². The third-order valence-corrected chi connectivity index (χ3v) is 7.14. The maximum Gasteiger partial charge on any atom is 0.251 e. The largest absolute Gasteiger partial charge is 0.487 e. The molecule has 0 bridgehead atoms. The van der Waals surface area contributed by atoms with Gasteiger partial charge in [0.05, 0.1) is 12.1 Å². The summed E-state index contributed by atoms with van der Waals surface area (Å²) in [4.78, 5) is 29.1. The van der Waals surface area contributed by atoms with E-state index >= 15 is 0 Å². The quantitative estimate of drug-likeness (QED) is 0.569. The van der Waals surface area contributed by atoms with E-state index in [1.54, 1.807) is 0 Å². The molecular formula is C29H34N4O3. The molecule has 2 amide bonds. The lowest BCUT2D eigenvalue weighted by Gasteiger charge is -2.38. The molecule has 188 valence electrons. The molecule has 7 heteroatoms. The molecule has 2 unspecified atom stereocenters. The van der Waals surface area contributed by atoms with E-state index in [-0.39, 0.29) is 35.5 Å². The van der Waals surface area contributed by atoms with Gasteiger partial charge in [-0.2, -0.15) is 0 Å². The van der Waals surface area contributed by atoms with Crippen molar-refractivity contribution in [2.75, 3.05) is 0 Å². The summed E-state index contributed by atoms with van der Waals surface area (Å²) >= 11 is 0. The lowest BCUT2D eigenvalue weighted by molar-refractivity contribution is -0.120. The fourth-order valence-electron chi connectivity index (χ4n) is 5.42. The van der Waals surface area contributed by atoms with Crippen LogP contribution in [0.15, 0.2) is 47.5 Å². The number of nitrogens with one attached hydrogen (secondary N) is 2. The van der Waals surface area contributed by atoms with Crippen molar-refractivity contribution < 1.29 is 14.3 Å². The molecule has 2 heterocycles. The van der Waals surface area contributed by atoms with Crippen LogP contribution in [0.4, 0.5) is 0 Å². The number of rotatable bonds is 6. The van der Waals surface area contributed by atoms with Crippen LogP contribution in [0.2, 0.25) is 0 Å². The number of hydrogen-bond acceptors (Lipinski definition) is 5. The molecular weight excluding hydrogens is 452 g/mol. The molecule has 0 radical (unpaired) electrons. The van der Waals surface area contributed by atoms with Gasteiger partial charge in [-0.1, -0.05) is 24.3 Å². The topological polar surface area (TPSA) is 106 Å². The van der Waals surface area contributed by atoms with Crippen molar-refractivity contribution in [3.8, 4) is 5.75 Å². The maximum atomic E-state index is 13.2. The summed E-state index contributed by atoms with van der Waals surface area (Å²) in [5.74, 6) is 0.879. The van der Waals surface area contributed by atoms with Gasteiger partial charge < -0.3 is 15.8 Å². The normalized spacial score (nSPS) is 22.3. The fraction of sp³-hybridized carbons (Fsp3) is 0.414. The summed E-state index contributed by atoms with van der Waals surface area (Å²) in [5.41, 5.74) is 10.7. The van der Waals surface area contributed by atoms with E-state index < -0.39 is 0 Å². The number of ether oxygens (including phenoxy) is 1. The summed E-state index contributed by atoms with van der Waals surface area (Å²) < 4.78 is 6.24. The molecule has 1 aliphatic carbocycles. The predicted molar refractivity (Wildman–Crippen MR) is 141 cm³/mol. The molecule has 2 aromatic carbocycles. The van der Waals surface area contributed by atoms with Crippen LogP contribution in [-0.4, -0.2) is 29.4 Å². The molecule has 0 saturated carbocycles. The van der Waals surface area contributed by atoms with Gasteiger partial charge in [-0.05, 0) is 86.9 Å². The van der Waals surface area contributed by atoms with Crippen LogP contribution in [0.3, 0.4) is 0 Å². The molecule has 36 heavy (non-hydrogen) atoms. The van der Waals surface area contributed by atoms with Gasteiger partial charge in [-0.15, -0.1) is 0 Å². The molecule has 2 aromatic rings. The molecule has 0 spiro atoms. The second-order valence-electron chi connectivity index (χ2n) is 10.6. The highest BCUT2D eigenvalue weighted by molar-refractivity contribution is 5.98. The van der Waals surface area contributed by atoms with Gasteiger partial charge in [0.1, 0.15) is 11.4 Å². The molecule has 3 aliphatic rings. The lowest BCUT2D eigenvalue weighted by Crippen LogP contribution is -2.43. The molecule has 4 N–H and O–H groups in total. The Labute approximate surface area is 212 Å². The smallest absolute Gasteiger partial charge is 0.251 e. The van der Waals surface area contributed by atoms with Crippen LogP contribution >= 0.6 is 0 Å². The first-order valence-electron chi connectivity index (χ1n) is 12.8. The van der Waals surface area contributed by atoms with E-state index in [2.05, 4.69) is 59.8 Å². The monoisotopic (exact) mass is 486 g/mol. The number of benzene rings is 2. The number of nitrogens with zero attached hydrogens (tertiary/aromatic N) is 1. The number of allylic oxidation sites excluding steroid dienone is 1. The third-order valence-electron chi connectivity index (χ3n) is 7.14. The van der Waals surface area contributed by atoms with Crippen LogP contribution in [-0.2, 0) is 17.6 Å². The van der Waals surface area contributed by atoms with Crippen molar-refractivity contribution in [1.82, 2.24) is 10.6 Å². The van der Waals surface area contributed by atoms with Gasteiger partial charge in [0, 0.05) is 24.0 Å². The Hall–Kier alpha value is -3.61. The number of nitrogens with two attached hydrogens (primary N) is 1. The van der Waals surface area contributed by atoms with Crippen LogP contribution < -0.4 is 21.1 Å². The Kier molecular flexibility index (Phi) is 6.56. The first-order valence-corrected chi connectivity index (χ1v) is 12.8. The van der Waals surface area contributed by atoms with E-state index in [1.807, 2.05) is 18.2 Å². The highest BCUT2D eigenvalue weighted by Crippen LogP contribution is 2.40. The molecule has 5 rings (SSSR count). The Bertz CT molecular complexity index is 1250. The van der Waals surface area contributed by atoms with Crippen molar-refractivity contribution >= 4 is 23.8 Å². The number of guanidine groups is 1. The number of carbonyl (C=O) groups is 2. The second-order valence-corrected chi connectivity index (χ2v) is 10.6. The maximum absolute atomic E-state index is 13.2. The zero-order valence-corrected chi connectivity index (χ0v) is 21.0.